The summed E-state index contributed by atoms with van der Waals surface area (Å²) in [4.78, 5) is 8.26. The van der Waals surface area contributed by atoms with Crippen LogP contribution in [0.25, 0.3) is 0 Å². The molecule has 0 aliphatic rings. The van der Waals surface area contributed by atoms with E-state index in [0.717, 1.165) is 31.9 Å². The molecule has 0 radical (unpaired) electrons. The largest absolute Gasteiger partial charge is 0.396 e. The molecule has 0 aliphatic heterocycles. The van der Waals surface area contributed by atoms with Crippen molar-refractivity contribution >= 4 is 17.3 Å². The summed E-state index contributed by atoms with van der Waals surface area (Å²) in [6.45, 7) is 8.86. The summed E-state index contributed by atoms with van der Waals surface area (Å²) in [6, 6.07) is 4.26. The van der Waals surface area contributed by atoms with Crippen molar-refractivity contribution < 1.29 is 5.11 Å². The molecule has 120 valence electrons. The van der Waals surface area contributed by atoms with Crippen molar-refractivity contribution in [2.75, 3.05) is 33.3 Å². The van der Waals surface area contributed by atoms with E-state index in [4.69, 9.17) is 4.99 Å². The van der Waals surface area contributed by atoms with E-state index < -0.39 is 0 Å². The number of hydrogen-bond donors (Lipinski definition) is 2. The van der Waals surface area contributed by atoms with E-state index in [1.165, 1.54) is 4.88 Å². The Kier molecular flexibility index (Phi) is 7.75. The van der Waals surface area contributed by atoms with Gasteiger partial charge in [0, 0.05) is 30.4 Å². The first-order valence-electron chi connectivity index (χ1n) is 7.67. The Morgan fingerprint density at radius 2 is 2.24 bits per heavy atom. The highest BCUT2D eigenvalue weighted by molar-refractivity contribution is 7.09. The molecule has 21 heavy (non-hydrogen) atoms. The van der Waals surface area contributed by atoms with E-state index in [9.17, 15) is 5.11 Å². The molecule has 0 saturated heterocycles. The Bertz CT molecular complexity index is 413. The molecular formula is C16H29N3OS. The van der Waals surface area contributed by atoms with Gasteiger partial charge in [0.15, 0.2) is 5.96 Å². The summed E-state index contributed by atoms with van der Waals surface area (Å²) in [5.74, 6) is 0.919. The van der Waals surface area contributed by atoms with Crippen LogP contribution in [-0.4, -0.2) is 49.3 Å². The lowest BCUT2D eigenvalue weighted by Crippen LogP contribution is -2.41. The van der Waals surface area contributed by atoms with Gasteiger partial charge in [0.1, 0.15) is 0 Å². The van der Waals surface area contributed by atoms with Gasteiger partial charge in [-0.2, -0.15) is 0 Å². The van der Waals surface area contributed by atoms with Gasteiger partial charge in [0.2, 0.25) is 0 Å². The molecule has 0 fully saturated rings. The first-order chi connectivity index (χ1) is 10.0. The summed E-state index contributed by atoms with van der Waals surface area (Å²) in [5, 5.41) is 14.9. The second-order valence-electron chi connectivity index (χ2n) is 5.74. The first kappa shape index (κ1) is 18.0. The number of hydrogen-bond acceptors (Lipinski definition) is 3. The molecule has 1 rings (SSSR count). The second kappa shape index (κ2) is 9.05. The molecule has 0 saturated carbocycles. The summed E-state index contributed by atoms with van der Waals surface area (Å²) in [5.41, 5.74) is -0.130. The smallest absolute Gasteiger partial charge is 0.193 e. The van der Waals surface area contributed by atoms with Gasteiger partial charge in [0.25, 0.3) is 0 Å². The van der Waals surface area contributed by atoms with Gasteiger partial charge in [-0.15, -0.1) is 11.3 Å². The highest BCUT2D eigenvalue weighted by Gasteiger charge is 2.21. The Labute approximate surface area is 132 Å². The third-order valence-electron chi connectivity index (χ3n) is 3.82. The molecule has 4 nitrogen and oxygen atoms in total. The Hall–Kier alpha value is -1.07. The van der Waals surface area contributed by atoms with Crippen molar-refractivity contribution in [3.8, 4) is 0 Å². The zero-order valence-corrected chi connectivity index (χ0v) is 14.5. The minimum absolute atomic E-state index is 0.130. The fourth-order valence-corrected chi connectivity index (χ4v) is 2.55. The number of nitrogens with zero attached hydrogens (tertiary/aromatic N) is 2. The van der Waals surface area contributed by atoms with E-state index in [0.29, 0.717) is 6.54 Å². The van der Waals surface area contributed by atoms with E-state index >= 15 is 0 Å². The predicted octanol–water partition coefficient (Wildman–Crippen LogP) is 2.60. The Morgan fingerprint density at radius 1 is 1.48 bits per heavy atom. The van der Waals surface area contributed by atoms with E-state index in [-0.39, 0.29) is 12.0 Å². The lowest BCUT2D eigenvalue weighted by Gasteiger charge is -2.26. The number of aliphatic hydroxyl groups is 1. The van der Waals surface area contributed by atoms with E-state index in [2.05, 4.69) is 55.5 Å². The molecule has 0 aromatic carbocycles. The number of aliphatic hydroxyl groups excluding tert-OH is 1. The monoisotopic (exact) mass is 311 g/mol. The van der Waals surface area contributed by atoms with Gasteiger partial charge in [-0.3, -0.25) is 4.99 Å². The minimum atomic E-state index is -0.130. The molecule has 0 amide bonds. The van der Waals surface area contributed by atoms with Gasteiger partial charge in [-0.25, -0.2) is 0 Å². The minimum Gasteiger partial charge on any atom is -0.396 e. The number of rotatable bonds is 8. The van der Waals surface area contributed by atoms with Crippen LogP contribution in [0, 0.1) is 5.41 Å². The number of aliphatic imine (C=N–C) groups is 1. The highest BCUT2D eigenvalue weighted by atomic mass is 32.1. The average molecular weight is 311 g/mol. The third kappa shape index (κ3) is 6.06. The summed E-state index contributed by atoms with van der Waals surface area (Å²) < 4.78 is 0. The summed E-state index contributed by atoms with van der Waals surface area (Å²) >= 11 is 1.79. The fourth-order valence-electron chi connectivity index (χ4n) is 1.85. The van der Waals surface area contributed by atoms with Crippen LogP contribution in [-0.2, 0) is 6.42 Å². The Balaban J connectivity index is 2.61. The lowest BCUT2D eigenvalue weighted by molar-refractivity contribution is 0.145. The number of likely N-dealkylation sites (N-methyl/N-ethyl adjacent to an activating group) is 1. The van der Waals surface area contributed by atoms with Crippen molar-refractivity contribution in [3.63, 3.8) is 0 Å². The van der Waals surface area contributed by atoms with Crippen molar-refractivity contribution in [3.05, 3.63) is 22.4 Å². The van der Waals surface area contributed by atoms with Crippen LogP contribution >= 0.6 is 11.3 Å². The maximum atomic E-state index is 9.49. The van der Waals surface area contributed by atoms with Gasteiger partial charge >= 0.3 is 0 Å². The lowest BCUT2D eigenvalue weighted by atomic mass is 9.89. The Morgan fingerprint density at radius 3 is 2.76 bits per heavy atom. The SMILES string of the molecule is CCNC(=NCC(C)(CC)CO)N(C)CCc1cccs1. The number of nitrogens with one attached hydrogen (secondary N) is 1. The third-order valence-corrected chi connectivity index (χ3v) is 4.75. The topological polar surface area (TPSA) is 47.9 Å². The summed E-state index contributed by atoms with van der Waals surface area (Å²) in [7, 11) is 2.07. The standard InChI is InChI=1S/C16H29N3OS/c1-5-16(3,13-20)12-18-15(17-6-2)19(4)10-9-14-8-7-11-21-14/h7-8,11,20H,5-6,9-10,12-13H2,1-4H3,(H,17,18). The van der Waals surface area contributed by atoms with Gasteiger partial charge in [-0.05, 0) is 31.2 Å². The van der Waals surface area contributed by atoms with Crippen molar-refractivity contribution in [2.45, 2.75) is 33.6 Å². The van der Waals surface area contributed by atoms with Crippen LogP contribution in [0.3, 0.4) is 0 Å². The molecule has 0 spiro atoms. The van der Waals surface area contributed by atoms with Crippen LogP contribution < -0.4 is 5.32 Å². The first-order valence-corrected chi connectivity index (χ1v) is 8.55. The van der Waals surface area contributed by atoms with E-state index in [1.807, 2.05) is 0 Å². The van der Waals surface area contributed by atoms with Crippen molar-refractivity contribution in [1.82, 2.24) is 10.2 Å². The quantitative estimate of drug-likeness (QED) is 0.573. The van der Waals surface area contributed by atoms with Crippen LogP contribution in [0.15, 0.2) is 22.5 Å². The molecule has 1 aromatic rings. The van der Waals surface area contributed by atoms with Crippen LogP contribution in [0.1, 0.15) is 32.1 Å². The fraction of sp³-hybridized carbons (Fsp3) is 0.688. The molecular weight excluding hydrogens is 282 g/mol. The zero-order chi connectivity index (χ0) is 15.7. The molecule has 1 heterocycles. The van der Waals surface area contributed by atoms with E-state index in [1.54, 1.807) is 11.3 Å². The summed E-state index contributed by atoms with van der Waals surface area (Å²) in [6.07, 6.45) is 1.95. The van der Waals surface area contributed by atoms with Crippen LogP contribution in [0.4, 0.5) is 0 Å². The second-order valence-corrected chi connectivity index (χ2v) is 6.78. The molecule has 5 heteroatoms. The maximum Gasteiger partial charge on any atom is 0.193 e. The van der Waals surface area contributed by atoms with Gasteiger partial charge in [0.05, 0.1) is 13.2 Å². The molecule has 1 unspecified atom stereocenters. The predicted molar refractivity (Wildman–Crippen MR) is 92.1 cm³/mol. The van der Waals surface area contributed by atoms with Crippen LogP contribution in [0.2, 0.25) is 0 Å². The normalized spacial score (nSPS) is 14.8. The zero-order valence-electron chi connectivity index (χ0n) is 13.7. The van der Waals surface area contributed by atoms with Crippen LogP contribution in [0.5, 0.6) is 0 Å². The molecule has 0 aliphatic carbocycles. The highest BCUT2D eigenvalue weighted by Crippen LogP contribution is 2.20. The number of guanidine groups is 1. The average Bonchev–Trinajstić information content (AvgIpc) is 3.02. The van der Waals surface area contributed by atoms with Crippen molar-refractivity contribution in [1.29, 1.82) is 0 Å². The molecule has 2 N–H and O–H groups in total. The van der Waals surface area contributed by atoms with Gasteiger partial charge in [-0.1, -0.05) is 19.9 Å². The molecule has 0 bridgehead atoms. The maximum absolute atomic E-state index is 9.49. The molecule has 1 atom stereocenters. The van der Waals surface area contributed by atoms with Crippen molar-refractivity contribution in [2.24, 2.45) is 10.4 Å². The van der Waals surface area contributed by atoms with Gasteiger partial charge < -0.3 is 15.3 Å². The number of thiophene rings is 1. The molecule has 1 aromatic heterocycles.